The maximum atomic E-state index is 12.0. The van der Waals surface area contributed by atoms with Gasteiger partial charge in [0.1, 0.15) is 17.5 Å². The minimum atomic E-state index is 0.550. The lowest BCUT2D eigenvalue weighted by atomic mass is 9.98. The van der Waals surface area contributed by atoms with Gasteiger partial charge in [0, 0.05) is 32.8 Å². The number of rotatable bonds is 7. The van der Waals surface area contributed by atoms with Crippen molar-refractivity contribution in [1.82, 2.24) is 19.1 Å². The number of nitrogens with zero attached hydrogens (tertiary/aromatic N) is 5. The molecule has 5 heteroatoms. The highest BCUT2D eigenvalue weighted by Gasteiger charge is 2.25. The number of nitriles is 1. The number of aryl methyl sites for hydroxylation is 6. The highest BCUT2D eigenvalue weighted by Crippen LogP contribution is 2.44. The summed E-state index contributed by atoms with van der Waals surface area (Å²) in [5, 5.41) is 16.4. The van der Waals surface area contributed by atoms with Crippen LogP contribution in [0.2, 0.25) is 0 Å². The van der Waals surface area contributed by atoms with E-state index in [1.165, 1.54) is 44.5 Å². The van der Waals surface area contributed by atoms with Crippen molar-refractivity contribution in [2.45, 2.75) is 41.5 Å². The van der Waals surface area contributed by atoms with Gasteiger partial charge >= 0.3 is 0 Å². The van der Waals surface area contributed by atoms with Crippen molar-refractivity contribution in [2.24, 2.45) is 0 Å². The number of aromatic nitrogens is 4. The lowest BCUT2D eigenvalue weighted by Crippen LogP contribution is -2.06. The number of fused-ring (bicyclic) bond motifs is 6. The number of benzene rings is 9. The molecular weight excluding hydrogens is 851 g/mol. The summed E-state index contributed by atoms with van der Waals surface area (Å²) < 4.78 is 4.68. The average molecular weight is 900 g/mol. The Labute approximate surface area is 408 Å². The van der Waals surface area contributed by atoms with E-state index in [2.05, 4.69) is 231 Å². The smallest absolute Gasteiger partial charge is 0.126 e. The summed E-state index contributed by atoms with van der Waals surface area (Å²) in [6, 6.07) is 70.6. The molecule has 0 saturated heterocycles. The molecule has 0 N–H and O–H groups in total. The summed E-state index contributed by atoms with van der Waals surface area (Å²) in [6.45, 7) is 12.6. The minimum absolute atomic E-state index is 0.550. The molecule has 70 heavy (non-hydrogen) atoms. The van der Waals surface area contributed by atoms with Gasteiger partial charge in [-0.3, -0.25) is 0 Å². The van der Waals surface area contributed by atoms with E-state index in [0.29, 0.717) is 11.4 Å². The first kappa shape index (κ1) is 42.5. The highest BCUT2D eigenvalue weighted by atomic mass is 15.0. The minimum Gasteiger partial charge on any atom is -0.308 e. The van der Waals surface area contributed by atoms with Gasteiger partial charge in [0.25, 0.3) is 0 Å². The Morgan fingerprint density at radius 1 is 0.357 bits per heavy atom. The molecular formula is C65H49N5. The second kappa shape index (κ2) is 16.7. The van der Waals surface area contributed by atoms with Crippen LogP contribution in [0, 0.1) is 52.9 Å². The summed E-state index contributed by atoms with van der Waals surface area (Å²) in [6.07, 6.45) is 0. The fourth-order valence-corrected chi connectivity index (χ4v) is 10.9. The number of hydrogen-bond acceptors (Lipinski definition) is 3. The van der Waals surface area contributed by atoms with Crippen LogP contribution in [0.25, 0.3) is 111 Å². The van der Waals surface area contributed by atoms with E-state index in [1.807, 2.05) is 13.8 Å². The van der Waals surface area contributed by atoms with Gasteiger partial charge in [-0.15, -0.1) is 0 Å². The zero-order valence-electron chi connectivity index (χ0n) is 40.1. The molecule has 3 aromatic heterocycles. The Morgan fingerprint density at radius 2 is 0.686 bits per heavy atom. The molecule has 0 bridgehead atoms. The highest BCUT2D eigenvalue weighted by molar-refractivity contribution is 6.13. The van der Waals surface area contributed by atoms with Crippen molar-refractivity contribution in [3.63, 3.8) is 0 Å². The van der Waals surface area contributed by atoms with E-state index in [4.69, 9.17) is 9.97 Å². The van der Waals surface area contributed by atoms with Gasteiger partial charge in [0.2, 0.25) is 0 Å². The van der Waals surface area contributed by atoms with Crippen LogP contribution in [-0.2, 0) is 0 Å². The first-order valence-corrected chi connectivity index (χ1v) is 24.0. The van der Waals surface area contributed by atoms with Crippen LogP contribution in [-0.4, -0.2) is 19.1 Å². The first-order valence-electron chi connectivity index (χ1n) is 24.0. The second-order valence-corrected chi connectivity index (χ2v) is 18.8. The first-order chi connectivity index (χ1) is 34.1. The molecule has 0 aliphatic heterocycles. The van der Waals surface area contributed by atoms with Crippen LogP contribution < -0.4 is 0 Å². The molecule has 3 heterocycles. The molecule has 0 fully saturated rings. The van der Waals surface area contributed by atoms with E-state index < -0.39 is 0 Å². The summed E-state index contributed by atoms with van der Waals surface area (Å²) in [5.74, 6) is 0.688. The van der Waals surface area contributed by atoms with Crippen LogP contribution in [0.5, 0.6) is 0 Å². The van der Waals surface area contributed by atoms with E-state index in [9.17, 15) is 5.26 Å². The zero-order valence-corrected chi connectivity index (χ0v) is 40.1. The van der Waals surface area contributed by atoms with Crippen molar-refractivity contribution in [3.05, 3.63) is 227 Å². The Hall–Kier alpha value is -8.85. The average Bonchev–Trinajstić information content (AvgIpc) is 3.87. The van der Waals surface area contributed by atoms with Crippen LogP contribution in [0.3, 0.4) is 0 Å². The Kier molecular flexibility index (Phi) is 10.2. The zero-order chi connectivity index (χ0) is 47.8. The van der Waals surface area contributed by atoms with E-state index in [1.54, 1.807) is 0 Å². The van der Waals surface area contributed by atoms with Gasteiger partial charge in [-0.2, -0.15) is 5.26 Å². The largest absolute Gasteiger partial charge is 0.308 e. The topological polar surface area (TPSA) is 59.4 Å². The van der Waals surface area contributed by atoms with Crippen LogP contribution in [0.15, 0.2) is 188 Å². The third kappa shape index (κ3) is 6.99. The molecule has 334 valence electrons. The lowest BCUT2D eigenvalue weighted by Gasteiger charge is -2.19. The molecule has 12 rings (SSSR count). The molecule has 0 aliphatic rings. The molecule has 9 aromatic carbocycles. The molecule has 5 nitrogen and oxygen atoms in total. The fourth-order valence-electron chi connectivity index (χ4n) is 10.9. The standard InChI is InChI=1S/C65H49N5/c1-39-15-7-11-19-50(39)45-23-27-54-55-28-24-46(51-20-12-8-16-40(51)2)33-61(55)69(60(54)32-45)64-36-49(59-31-43(5)67-44(6)68-59)37-65(58(64)38-66)70-62-34-47(52-21-13-9-17-41(52)3)25-29-56(62)57-30-26-48(35-63(57)70)53-22-14-10-18-42(53)4/h7-37H,1-6H3. The number of hydrogen-bond donors (Lipinski definition) is 0. The van der Waals surface area contributed by atoms with Crippen molar-refractivity contribution >= 4 is 43.6 Å². The Balaban J connectivity index is 1.25. The Morgan fingerprint density at radius 3 is 0.986 bits per heavy atom. The molecule has 0 spiro atoms. The summed E-state index contributed by atoms with van der Waals surface area (Å²) in [7, 11) is 0. The molecule has 0 aliphatic carbocycles. The monoisotopic (exact) mass is 899 g/mol. The van der Waals surface area contributed by atoms with E-state index in [-0.39, 0.29) is 0 Å². The van der Waals surface area contributed by atoms with Gasteiger partial charge in [-0.1, -0.05) is 146 Å². The fraction of sp³-hybridized carbons (Fsp3) is 0.0923. The molecule has 0 saturated carbocycles. The molecule has 0 atom stereocenters. The predicted molar refractivity (Wildman–Crippen MR) is 291 cm³/mol. The molecule has 0 radical (unpaired) electrons. The van der Waals surface area contributed by atoms with E-state index in [0.717, 1.165) is 94.2 Å². The van der Waals surface area contributed by atoms with Gasteiger partial charge < -0.3 is 9.13 Å². The third-order valence-electron chi connectivity index (χ3n) is 14.3. The molecule has 12 aromatic rings. The summed E-state index contributed by atoms with van der Waals surface area (Å²) in [4.78, 5) is 9.81. The third-order valence-corrected chi connectivity index (χ3v) is 14.3. The van der Waals surface area contributed by atoms with Crippen molar-refractivity contribution < 1.29 is 0 Å². The second-order valence-electron chi connectivity index (χ2n) is 18.8. The van der Waals surface area contributed by atoms with E-state index >= 15 is 0 Å². The van der Waals surface area contributed by atoms with Crippen LogP contribution in [0.4, 0.5) is 0 Å². The molecule has 0 unspecified atom stereocenters. The van der Waals surface area contributed by atoms with Gasteiger partial charge in [-0.05, 0) is 151 Å². The normalized spacial score (nSPS) is 11.6. The van der Waals surface area contributed by atoms with Crippen LogP contribution >= 0.6 is 0 Å². The summed E-state index contributed by atoms with van der Waals surface area (Å²) in [5.41, 5.74) is 22.6. The van der Waals surface area contributed by atoms with Crippen molar-refractivity contribution in [3.8, 4) is 73.2 Å². The Bertz CT molecular complexity index is 3700. The maximum Gasteiger partial charge on any atom is 0.126 e. The van der Waals surface area contributed by atoms with Crippen molar-refractivity contribution in [1.29, 1.82) is 5.26 Å². The van der Waals surface area contributed by atoms with Gasteiger partial charge in [0.15, 0.2) is 0 Å². The predicted octanol–water partition coefficient (Wildman–Crippen LogP) is 16.7. The summed E-state index contributed by atoms with van der Waals surface area (Å²) >= 11 is 0. The quantitative estimate of drug-likeness (QED) is 0.160. The van der Waals surface area contributed by atoms with Gasteiger partial charge in [-0.25, -0.2) is 9.97 Å². The van der Waals surface area contributed by atoms with Crippen molar-refractivity contribution in [2.75, 3.05) is 0 Å². The van der Waals surface area contributed by atoms with Gasteiger partial charge in [0.05, 0.1) is 39.1 Å². The SMILES string of the molecule is Cc1cc(-c2cc(-n3c4cc(-c5ccccc5C)ccc4c4ccc(-c5ccccc5C)cc43)c(C#N)c(-n3c4cc(-c5ccccc5C)ccc4c4ccc(-c5ccccc5C)cc43)c2)nc(C)n1. The molecule has 0 amide bonds. The van der Waals surface area contributed by atoms with Crippen LogP contribution in [0.1, 0.15) is 39.3 Å². The maximum absolute atomic E-state index is 12.0. The lowest BCUT2D eigenvalue weighted by molar-refractivity contribution is 1.01.